The topological polar surface area (TPSA) is 38.6 Å². The molecule has 4 rings (SSSR count). The van der Waals surface area contributed by atoms with E-state index in [4.69, 9.17) is 32.0 Å². The normalized spacial score (nSPS) is 10.9. The minimum absolute atomic E-state index is 0.0973. The molecule has 7 heteroatoms. The van der Waals surface area contributed by atoms with E-state index >= 15 is 0 Å². The number of rotatable bonds is 3. The quantitative estimate of drug-likeness (QED) is 0.263. The molecule has 140 valence electrons. The van der Waals surface area contributed by atoms with Crippen LogP contribution in [-0.4, -0.2) is 0 Å². The molecule has 0 saturated carbocycles. The van der Waals surface area contributed by atoms with E-state index in [9.17, 15) is 0 Å². The second-order valence-corrected chi connectivity index (χ2v) is 8.52. The lowest BCUT2D eigenvalue weighted by molar-refractivity contribution is 0.376. The third-order valence-corrected chi connectivity index (χ3v) is 5.51. The predicted octanol–water partition coefficient (Wildman–Crippen LogP) is 8.27. The SMILES string of the molecule is Clc1ccc(N=c2oc(-c3ccc(Br)cc3)c(-c3ccc(Br)cc3)o2)c(Cl)c1. The summed E-state index contributed by atoms with van der Waals surface area (Å²) in [4.78, 5) is 4.41. The zero-order chi connectivity index (χ0) is 19.7. The Kier molecular flexibility index (Phi) is 5.78. The molecule has 1 aromatic heterocycles. The van der Waals surface area contributed by atoms with Crippen molar-refractivity contribution in [3.05, 3.63) is 91.5 Å². The van der Waals surface area contributed by atoms with Crippen molar-refractivity contribution in [1.82, 2.24) is 0 Å². The number of nitrogens with zero attached hydrogens (tertiary/aromatic N) is 1. The molecule has 0 saturated heterocycles. The molecule has 0 aliphatic rings. The molecule has 0 atom stereocenters. The summed E-state index contributed by atoms with van der Waals surface area (Å²) in [6, 6.07) is 20.6. The summed E-state index contributed by atoms with van der Waals surface area (Å²) < 4.78 is 13.9. The van der Waals surface area contributed by atoms with E-state index in [2.05, 4.69) is 36.9 Å². The van der Waals surface area contributed by atoms with Crippen LogP contribution in [0.15, 0.2) is 89.5 Å². The maximum atomic E-state index is 6.22. The largest absolute Gasteiger partial charge is 0.406 e. The zero-order valence-corrected chi connectivity index (χ0v) is 18.8. The lowest BCUT2D eigenvalue weighted by atomic mass is 10.1. The second kappa shape index (κ2) is 8.29. The Bertz CT molecular complexity index is 1130. The third-order valence-electron chi connectivity index (χ3n) is 3.92. The summed E-state index contributed by atoms with van der Waals surface area (Å²) >= 11 is 19.1. The van der Waals surface area contributed by atoms with E-state index < -0.39 is 0 Å². The van der Waals surface area contributed by atoms with Crippen LogP contribution < -0.4 is 5.75 Å². The fourth-order valence-corrected chi connectivity index (χ4v) is 3.57. The van der Waals surface area contributed by atoms with Crippen LogP contribution in [0.1, 0.15) is 0 Å². The van der Waals surface area contributed by atoms with E-state index in [1.165, 1.54) is 0 Å². The molecule has 1 heterocycles. The smallest absolute Gasteiger partial charge is 0.400 e. The highest BCUT2D eigenvalue weighted by molar-refractivity contribution is 9.10. The molecular formula is C21H11Br2Cl2NO2. The molecule has 0 N–H and O–H groups in total. The second-order valence-electron chi connectivity index (χ2n) is 5.85. The molecule has 28 heavy (non-hydrogen) atoms. The molecule has 0 bridgehead atoms. The Balaban J connectivity index is 1.89. The lowest BCUT2D eigenvalue weighted by Gasteiger charge is -2.01. The number of benzene rings is 3. The van der Waals surface area contributed by atoms with Gasteiger partial charge in [0.2, 0.25) is 0 Å². The van der Waals surface area contributed by atoms with Crippen LogP contribution >= 0.6 is 55.1 Å². The average molecular weight is 540 g/mol. The van der Waals surface area contributed by atoms with Gasteiger partial charge >= 0.3 is 5.75 Å². The fraction of sp³-hybridized carbons (Fsp3) is 0. The Morgan fingerprint density at radius 1 is 0.679 bits per heavy atom. The number of hydrogen-bond acceptors (Lipinski definition) is 3. The van der Waals surface area contributed by atoms with Gasteiger partial charge in [0.05, 0.1) is 10.7 Å². The van der Waals surface area contributed by atoms with E-state index in [1.807, 2.05) is 48.5 Å². The predicted molar refractivity (Wildman–Crippen MR) is 119 cm³/mol. The van der Waals surface area contributed by atoms with Crippen LogP contribution in [0.3, 0.4) is 0 Å². The highest BCUT2D eigenvalue weighted by atomic mass is 79.9. The van der Waals surface area contributed by atoms with Crippen molar-refractivity contribution in [2.75, 3.05) is 0 Å². The molecule has 0 unspecified atom stereocenters. The lowest BCUT2D eigenvalue weighted by Crippen LogP contribution is -1.92. The molecule has 0 aliphatic heterocycles. The van der Waals surface area contributed by atoms with Gasteiger partial charge in [-0.3, -0.25) is 0 Å². The molecule has 4 aromatic rings. The molecule has 0 spiro atoms. The first-order chi connectivity index (χ1) is 13.5. The van der Waals surface area contributed by atoms with Crippen molar-refractivity contribution in [3.63, 3.8) is 0 Å². The summed E-state index contributed by atoms with van der Waals surface area (Å²) in [7, 11) is 0. The minimum atomic E-state index is 0.0973. The van der Waals surface area contributed by atoms with E-state index in [0.29, 0.717) is 27.3 Å². The van der Waals surface area contributed by atoms with Crippen LogP contribution in [0.25, 0.3) is 22.6 Å². The van der Waals surface area contributed by atoms with Gasteiger partial charge in [0.1, 0.15) is 0 Å². The van der Waals surface area contributed by atoms with E-state index in [-0.39, 0.29) is 5.75 Å². The average Bonchev–Trinajstić information content (AvgIpc) is 3.09. The monoisotopic (exact) mass is 537 g/mol. The van der Waals surface area contributed by atoms with Crippen LogP contribution in [0, 0.1) is 0 Å². The maximum absolute atomic E-state index is 6.22. The van der Waals surface area contributed by atoms with Crippen molar-refractivity contribution >= 4 is 60.7 Å². The highest BCUT2D eigenvalue weighted by Crippen LogP contribution is 2.33. The Labute approximate surface area is 187 Å². The van der Waals surface area contributed by atoms with Crippen LogP contribution in [0.4, 0.5) is 5.69 Å². The van der Waals surface area contributed by atoms with Gasteiger partial charge < -0.3 is 8.83 Å². The standard InChI is InChI=1S/C21H11Br2Cl2NO2/c22-14-5-1-12(2-6-14)19-20(13-3-7-15(23)8-4-13)28-21(27-19)26-18-10-9-16(24)11-17(18)25/h1-11H. The molecule has 3 nitrogen and oxygen atoms in total. The Hall–Kier alpha value is -1.79. The van der Waals surface area contributed by atoms with Gasteiger partial charge in [-0.1, -0.05) is 55.1 Å². The van der Waals surface area contributed by atoms with Gasteiger partial charge in [0, 0.05) is 25.1 Å². The summed E-state index contributed by atoms with van der Waals surface area (Å²) in [6.45, 7) is 0. The Morgan fingerprint density at radius 2 is 1.18 bits per heavy atom. The van der Waals surface area contributed by atoms with Gasteiger partial charge in [-0.2, -0.15) is 4.99 Å². The fourth-order valence-electron chi connectivity index (χ4n) is 2.59. The van der Waals surface area contributed by atoms with Gasteiger partial charge in [0.25, 0.3) is 0 Å². The summed E-state index contributed by atoms with van der Waals surface area (Å²) in [6.07, 6.45) is 0. The molecule has 0 amide bonds. The van der Waals surface area contributed by atoms with Crippen molar-refractivity contribution in [2.24, 2.45) is 4.99 Å². The van der Waals surface area contributed by atoms with Crippen molar-refractivity contribution < 1.29 is 8.83 Å². The van der Waals surface area contributed by atoms with Gasteiger partial charge in [-0.15, -0.1) is 0 Å². The third kappa shape index (κ3) is 4.28. The van der Waals surface area contributed by atoms with Crippen molar-refractivity contribution in [3.8, 4) is 22.6 Å². The van der Waals surface area contributed by atoms with Crippen LogP contribution in [-0.2, 0) is 0 Å². The summed E-state index contributed by atoms with van der Waals surface area (Å²) in [5, 5.41) is 0.945. The highest BCUT2D eigenvalue weighted by Gasteiger charge is 2.17. The number of hydrogen-bond donors (Lipinski definition) is 0. The van der Waals surface area contributed by atoms with E-state index in [0.717, 1.165) is 20.1 Å². The van der Waals surface area contributed by atoms with Crippen molar-refractivity contribution in [1.29, 1.82) is 0 Å². The molecule has 0 radical (unpaired) electrons. The first kappa shape index (κ1) is 19.5. The number of halogens is 4. The summed E-state index contributed by atoms with van der Waals surface area (Å²) in [5.41, 5.74) is 2.25. The maximum Gasteiger partial charge on any atom is 0.400 e. The van der Waals surface area contributed by atoms with Crippen LogP contribution in [0.2, 0.25) is 10.0 Å². The zero-order valence-electron chi connectivity index (χ0n) is 14.1. The van der Waals surface area contributed by atoms with Crippen molar-refractivity contribution in [2.45, 2.75) is 0 Å². The van der Waals surface area contributed by atoms with Gasteiger partial charge in [-0.25, -0.2) is 0 Å². The van der Waals surface area contributed by atoms with Gasteiger partial charge in [-0.05, 0) is 66.7 Å². The minimum Gasteiger partial charge on any atom is -0.406 e. The Morgan fingerprint density at radius 3 is 1.64 bits per heavy atom. The molecular weight excluding hydrogens is 529 g/mol. The van der Waals surface area contributed by atoms with Gasteiger partial charge in [0.15, 0.2) is 11.5 Å². The molecule has 3 aromatic carbocycles. The molecule has 0 fully saturated rings. The van der Waals surface area contributed by atoms with E-state index in [1.54, 1.807) is 18.2 Å². The van der Waals surface area contributed by atoms with Crippen LogP contribution in [0.5, 0.6) is 0 Å². The first-order valence-corrected chi connectivity index (χ1v) is 10.5. The summed E-state index contributed by atoms with van der Waals surface area (Å²) in [5.74, 6) is 1.26. The molecule has 0 aliphatic carbocycles. The first-order valence-electron chi connectivity index (χ1n) is 8.15.